The molecule has 0 aliphatic heterocycles. The van der Waals surface area contributed by atoms with Gasteiger partial charge in [-0.2, -0.15) is 5.26 Å². The van der Waals surface area contributed by atoms with Crippen molar-refractivity contribution in [3.63, 3.8) is 0 Å². The average molecular weight is 319 g/mol. The third-order valence-corrected chi connectivity index (χ3v) is 3.48. The highest BCUT2D eigenvalue weighted by Crippen LogP contribution is 2.28. The normalized spacial score (nSPS) is 11.6. The highest BCUT2D eigenvalue weighted by atomic mass is 16.5. The standard InChI is InChI=1S/C21H21NO2/c1-15(2)14-24-21(23)19(13-22)20(17-9-5-4-6-10-17)18-11-7-8-16(3)12-18/h4-12,15H,14H2,1-3H3/b20-19-. The van der Waals surface area contributed by atoms with Crippen LogP contribution in [0.4, 0.5) is 0 Å². The zero-order valence-corrected chi connectivity index (χ0v) is 14.2. The van der Waals surface area contributed by atoms with Gasteiger partial charge in [0.05, 0.1) is 6.61 Å². The van der Waals surface area contributed by atoms with Gasteiger partial charge in [-0.25, -0.2) is 4.79 Å². The zero-order valence-electron chi connectivity index (χ0n) is 14.2. The predicted octanol–water partition coefficient (Wildman–Crippen LogP) is 4.52. The van der Waals surface area contributed by atoms with E-state index in [1.54, 1.807) is 0 Å². The van der Waals surface area contributed by atoms with Crippen LogP contribution < -0.4 is 0 Å². The SMILES string of the molecule is Cc1cccc(/C(=C(/C#N)C(=O)OCC(C)C)c2ccccc2)c1. The first-order valence-electron chi connectivity index (χ1n) is 7.97. The van der Waals surface area contributed by atoms with Gasteiger partial charge < -0.3 is 4.74 Å². The van der Waals surface area contributed by atoms with E-state index in [0.717, 1.165) is 16.7 Å². The zero-order chi connectivity index (χ0) is 17.5. The molecule has 0 aliphatic carbocycles. The van der Waals surface area contributed by atoms with E-state index >= 15 is 0 Å². The maximum atomic E-state index is 12.4. The monoisotopic (exact) mass is 319 g/mol. The van der Waals surface area contributed by atoms with Gasteiger partial charge in [0, 0.05) is 5.57 Å². The number of aryl methyl sites for hydroxylation is 1. The van der Waals surface area contributed by atoms with Gasteiger partial charge in [-0.3, -0.25) is 0 Å². The fourth-order valence-electron chi connectivity index (χ4n) is 2.38. The molecule has 0 aliphatic rings. The molecule has 0 heterocycles. The molecule has 0 unspecified atom stereocenters. The Bertz CT molecular complexity index is 783. The van der Waals surface area contributed by atoms with E-state index in [4.69, 9.17) is 4.74 Å². The maximum Gasteiger partial charge on any atom is 0.349 e. The van der Waals surface area contributed by atoms with Crippen LogP contribution in [0.15, 0.2) is 60.2 Å². The first-order valence-corrected chi connectivity index (χ1v) is 7.97. The van der Waals surface area contributed by atoms with Crippen molar-refractivity contribution in [3.05, 3.63) is 76.9 Å². The molecule has 0 spiro atoms. The molecule has 2 aromatic rings. The van der Waals surface area contributed by atoms with Crippen molar-refractivity contribution in [3.8, 4) is 6.07 Å². The molecule has 122 valence electrons. The van der Waals surface area contributed by atoms with Crippen molar-refractivity contribution >= 4 is 11.5 Å². The molecule has 0 N–H and O–H groups in total. The molecule has 2 aromatic carbocycles. The first-order chi connectivity index (χ1) is 11.5. The van der Waals surface area contributed by atoms with E-state index < -0.39 is 5.97 Å². The van der Waals surface area contributed by atoms with Crippen molar-refractivity contribution < 1.29 is 9.53 Å². The number of benzene rings is 2. The highest BCUT2D eigenvalue weighted by Gasteiger charge is 2.20. The lowest BCUT2D eigenvalue weighted by Crippen LogP contribution is -2.13. The van der Waals surface area contributed by atoms with Gasteiger partial charge in [-0.15, -0.1) is 0 Å². The van der Waals surface area contributed by atoms with Crippen molar-refractivity contribution in [1.29, 1.82) is 5.26 Å². The number of nitriles is 1. The van der Waals surface area contributed by atoms with E-state index in [2.05, 4.69) is 0 Å². The molecule has 0 amide bonds. The quantitative estimate of drug-likeness (QED) is 0.462. The van der Waals surface area contributed by atoms with Crippen molar-refractivity contribution in [2.75, 3.05) is 6.61 Å². The second-order valence-electron chi connectivity index (χ2n) is 6.09. The number of rotatable bonds is 5. The maximum absolute atomic E-state index is 12.4. The van der Waals surface area contributed by atoms with E-state index in [0.29, 0.717) is 12.2 Å². The van der Waals surface area contributed by atoms with Gasteiger partial charge in [-0.05, 0) is 24.0 Å². The largest absolute Gasteiger partial charge is 0.461 e. The molecular weight excluding hydrogens is 298 g/mol. The second kappa shape index (κ2) is 8.12. The average Bonchev–Trinajstić information content (AvgIpc) is 2.58. The lowest BCUT2D eigenvalue weighted by atomic mass is 9.92. The van der Waals surface area contributed by atoms with Gasteiger partial charge in [0.1, 0.15) is 11.6 Å². The third-order valence-electron chi connectivity index (χ3n) is 3.48. The Kier molecular flexibility index (Phi) is 5.92. The van der Waals surface area contributed by atoms with Crippen LogP contribution >= 0.6 is 0 Å². The molecule has 2 rings (SSSR count). The van der Waals surface area contributed by atoms with Crippen molar-refractivity contribution in [1.82, 2.24) is 0 Å². The number of esters is 1. The summed E-state index contributed by atoms with van der Waals surface area (Å²) < 4.78 is 5.29. The highest BCUT2D eigenvalue weighted by molar-refractivity contribution is 6.05. The van der Waals surface area contributed by atoms with Gasteiger partial charge in [0.15, 0.2) is 0 Å². The Hall–Kier alpha value is -2.86. The van der Waals surface area contributed by atoms with Crippen LogP contribution in [-0.4, -0.2) is 12.6 Å². The molecule has 24 heavy (non-hydrogen) atoms. The number of ether oxygens (including phenoxy) is 1. The van der Waals surface area contributed by atoms with Crippen LogP contribution in [0.5, 0.6) is 0 Å². The molecule has 3 nitrogen and oxygen atoms in total. The van der Waals surface area contributed by atoms with Gasteiger partial charge in [-0.1, -0.05) is 74.0 Å². The summed E-state index contributed by atoms with van der Waals surface area (Å²) >= 11 is 0. The molecule has 0 saturated carbocycles. The van der Waals surface area contributed by atoms with Gasteiger partial charge >= 0.3 is 5.97 Å². The van der Waals surface area contributed by atoms with Crippen molar-refractivity contribution in [2.45, 2.75) is 20.8 Å². The fraction of sp³-hybridized carbons (Fsp3) is 0.238. The molecule has 0 fully saturated rings. The molecule has 0 saturated heterocycles. The van der Waals surface area contributed by atoms with Crippen LogP contribution in [0.2, 0.25) is 0 Å². The van der Waals surface area contributed by atoms with E-state index in [-0.39, 0.29) is 11.5 Å². The molecule has 0 aromatic heterocycles. The lowest BCUT2D eigenvalue weighted by Gasteiger charge is -2.13. The summed E-state index contributed by atoms with van der Waals surface area (Å²) in [5.74, 6) is -0.361. The van der Waals surface area contributed by atoms with Crippen LogP contribution in [0.1, 0.15) is 30.5 Å². The molecular formula is C21H21NO2. The molecule has 0 radical (unpaired) electrons. The van der Waals surface area contributed by atoms with Crippen LogP contribution in [0.3, 0.4) is 0 Å². The van der Waals surface area contributed by atoms with Crippen LogP contribution in [-0.2, 0) is 9.53 Å². The summed E-state index contributed by atoms with van der Waals surface area (Å²) in [5, 5.41) is 9.62. The molecule has 0 atom stereocenters. The molecule has 0 bridgehead atoms. The minimum absolute atomic E-state index is 0.0347. The Morgan fingerprint density at radius 3 is 2.33 bits per heavy atom. The van der Waals surface area contributed by atoms with E-state index in [1.807, 2.05) is 81.4 Å². The Labute approximate surface area is 143 Å². The number of hydrogen-bond acceptors (Lipinski definition) is 3. The summed E-state index contributed by atoms with van der Waals surface area (Å²) in [6.45, 7) is 6.19. The Morgan fingerprint density at radius 1 is 1.08 bits per heavy atom. The minimum Gasteiger partial charge on any atom is -0.461 e. The van der Waals surface area contributed by atoms with Crippen LogP contribution in [0.25, 0.3) is 5.57 Å². The van der Waals surface area contributed by atoms with Gasteiger partial charge in [0.25, 0.3) is 0 Å². The minimum atomic E-state index is -0.577. The third kappa shape index (κ3) is 4.33. The number of hydrogen-bond donors (Lipinski definition) is 0. The predicted molar refractivity (Wildman–Crippen MR) is 95.1 cm³/mol. The summed E-state index contributed by atoms with van der Waals surface area (Å²) in [4.78, 5) is 12.4. The summed E-state index contributed by atoms with van der Waals surface area (Å²) in [5.41, 5.74) is 3.36. The fourth-order valence-corrected chi connectivity index (χ4v) is 2.38. The van der Waals surface area contributed by atoms with Gasteiger partial charge in [0.2, 0.25) is 0 Å². The Balaban J connectivity index is 2.59. The van der Waals surface area contributed by atoms with Crippen LogP contribution in [0, 0.1) is 24.2 Å². The summed E-state index contributed by atoms with van der Waals surface area (Å²) in [6, 6.07) is 19.3. The summed E-state index contributed by atoms with van der Waals surface area (Å²) in [7, 11) is 0. The Morgan fingerprint density at radius 2 is 1.75 bits per heavy atom. The van der Waals surface area contributed by atoms with E-state index in [9.17, 15) is 10.1 Å². The second-order valence-corrected chi connectivity index (χ2v) is 6.09. The van der Waals surface area contributed by atoms with Crippen molar-refractivity contribution in [2.24, 2.45) is 5.92 Å². The number of carbonyl (C=O) groups excluding carboxylic acids is 1. The van der Waals surface area contributed by atoms with E-state index in [1.165, 1.54) is 0 Å². The number of carbonyl (C=O) groups is 1. The summed E-state index contributed by atoms with van der Waals surface area (Å²) in [6.07, 6.45) is 0. The number of nitrogens with zero attached hydrogens (tertiary/aromatic N) is 1. The topological polar surface area (TPSA) is 50.1 Å². The smallest absolute Gasteiger partial charge is 0.349 e. The molecule has 3 heteroatoms. The lowest BCUT2D eigenvalue weighted by molar-refractivity contribution is -0.139. The first kappa shape index (κ1) is 17.5.